The summed E-state index contributed by atoms with van der Waals surface area (Å²) in [5.41, 5.74) is 4.09. The van der Waals surface area contributed by atoms with Crippen LogP contribution in [0, 0.1) is 0 Å². The number of benzene rings is 2. The molecule has 0 bridgehead atoms. The van der Waals surface area contributed by atoms with Gasteiger partial charge in [-0.1, -0.05) is 36.4 Å². The third kappa shape index (κ3) is 7.48. The minimum Gasteiger partial charge on any atom is -0.497 e. The number of aromatic nitrogens is 4. The summed E-state index contributed by atoms with van der Waals surface area (Å²) < 4.78 is 10.8. The fraction of sp³-hybridized carbons (Fsp3) is 0.342. The number of amides is 2. The molecule has 5 heterocycles. The molecule has 0 saturated carbocycles. The van der Waals surface area contributed by atoms with Crippen LogP contribution >= 0.6 is 0 Å². The van der Waals surface area contributed by atoms with Crippen LogP contribution in [0.2, 0.25) is 0 Å². The quantitative estimate of drug-likeness (QED) is 0.188. The first-order valence-electron chi connectivity index (χ1n) is 16.9. The van der Waals surface area contributed by atoms with Gasteiger partial charge in [0.2, 0.25) is 0 Å². The van der Waals surface area contributed by atoms with E-state index in [2.05, 4.69) is 49.8 Å². The highest BCUT2D eigenvalue weighted by atomic mass is 16.5. The third-order valence-corrected chi connectivity index (χ3v) is 9.66. The summed E-state index contributed by atoms with van der Waals surface area (Å²) in [6.45, 7) is 4.01. The maximum absolute atomic E-state index is 13.9. The zero-order valence-corrected chi connectivity index (χ0v) is 27.7. The largest absolute Gasteiger partial charge is 0.497 e. The van der Waals surface area contributed by atoms with Gasteiger partial charge in [-0.3, -0.25) is 14.5 Å². The molecule has 49 heavy (non-hydrogen) atoms. The van der Waals surface area contributed by atoms with E-state index in [1.165, 1.54) is 5.56 Å². The number of pyridine rings is 2. The molecule has 0 radical (unpaired) electrons. The second kappa shape index (κ2) is 14.6. The number of methoxy groups -OCH3 is 1. The van der Waals surface area contributed by atoms with Crippen LogP contribution in [0.15, 0.2) is 85.1 Å². The number of hydrogen-bond acceptors (Lipinski definition) is 8. The Hall–Kier alpha value is -5.13. The van der Waals surface area contributed by atoms with Crippen LogP contribution in [0.4, 0.5) is 0 Å². The van der Waals surface area contributed by atoms with Gasteiger partial charge in [-0.2, -0.15) is 0 Å². The molecule has 11 heteroatoms. The second-order valence-electron chi connectivity index (χ2n) is 12.9. The van der Waals surface area contributed by atoms with E-state index in [9.17, 15) is 9.59 Å². The maximum atomic E-state index is 13.9. The Labute approximate surface area is 285 Å². The number of likely N-dealkylation sites (tertiary alicyclic amines) is 1. The first kappa shape index (κ1) is 32.4. The van der Waals surface area contributed by atoms with E-state index < -0.39 is 5.54 Å². The molecule has 3 N–H and O–H groups in total. The van der Waals surface area contributed by atoms with Crippen molar-refractivity contribution in [1.82, 2.24) is 35.5 Å². The molecule has 0 unspecified atom stereocenters. The number of ether oxygens (including phenoxy) is 2. The summed E-state index contributed by atoms with van der Waals surface area (Å²) in [4.78, 5) is 47.3. The lowest BCUT2D eigenvalue weighted by molar-refractivity contribution is 0.0759. The number of fused-ring (bicyclic) bond motifs is 1. The van der Waals surface area contributed by atoms with E-state index in [-0.39, 0.29) is 24.3 Å². The van der Waals surface area contributed by atoms with Crippen molar-refractivity contribution >= 4 is 23.0 Å². The Morgan fingerprint density at radius 3 is 2.47 bits per heavy atom. The van der Waals surface area contributed by atoms with Gasteiger partial charge in [0.05, 0.1) is 29.4 Å². The smallest absolute Gasteiger partial charge is 0.270 e. The number of rotatable bonds is 10. The van der Waals surface area contributed by atoms with Crippen molar-refractivity contribution in [3.05, 3.63) is 108 Å². The van der Waals surface area contributed by atoms with Gasteiger partial charge in [-0.05, 0) is 73.7 Å². The van der Waals surface area contributed by atoms with E-state index >= 15 is 0 Å². The molecule has 5 aromatic rings. The number of hydrogen-bond donors (Lipinski definition) is 3. The van der Waals surface area contributed by atoms with Crippen molar-refractivity contribution < 1.29 is 19.1 Å². The number of H-pyrrole nitrogens is 1. The van der Waals surface area contributed by atoms with E-state index in [0.717, 1.165) is 49.6 Å². The number of nitrogens with zero attached hydrogens (tertiary/aromatic N) is 4. The zero-order chi connectivity index (χ0) is 33.6. The Balaban J connectivity index is 1.09. The lowest BCUT2D eigenvalue weighted by atomic mass is 9.86. The van der Waals surface area contributed by atoms with Gasteiger partial charge in [0.1, 0.15) is 17.3 Å². The molecule has 0 spiro atoms. The van der Waals surface area contributed by atoms with E-state index in [1.807, 2.05) is 42.5 Å². The molecule has 0 atom stereocenters. The fourth-order valence-corrected chi connectivity index (χ4v) is 6.74. The molecule has 11 nitrogen and oxygen atoms in total. The number of nitrogens with one attached hydrogen (secondary N) is 3. The third-order valence-electron chi connectivity index (χ3n) is 9.66. The Kier molecular flexibility index (Phi) is 9.63. The molecular weight excluding hydrogens is 618 g/mol. The van der Waals surface area contributed by atoms with Crippen LogP contribution in [0.25, 0.3) is 22.4 Å². The molecule has 252 valence electrons. The molecule has 0 aliphatic carbocycles. The van der Waals surface area contributed by atoms with Gasteiger partial charge in [0, 0.05) is 57.1 Å². The molecule has 2 fully saturated rings. The van der Waals surface area contributed by atoms with Crippen LogP contribution in [0.1, 0.15) is 63.8 Å². The molecule has 3 aromatic heterocycles. The highest BCUT2D eigenvalue weighted by Crippen LogP contribution is 2.28. The Bertz CT molecular complexity index is 1900. The normalized spacial score (nSPS) is 16.7. The van der Waals surface area contributed by atoms with Crippen molar-refractivity contribution in [2.45, 2.75) is 43.7 Å². The number of aromatic amines is 1. The van der Waals surface area contributed by atoms with Crippen molar-refractivity contribution in [1.29, 1.82) is 0 Å². The second-order valence-corrected chi connectivity index (χ2v) is 12.9. The minimum atomic E-state index is -0.675. The van der Waals surface area contributed by atoms with E-state index in [1.54, 1.807) is 25.4 Å². The van der Waals surface area contributed by atoms with Crippen LogP contribution < -0.4 is 15.4 Å². The Morgan fingerprint density at radius 1 is 0.939 bits per heavy atom. The van der Waals surface area contributed by atoms with E-state index in [4.69, 9.17) is 19.4 Å². The molecular formula is C38H41N7O4. The lowest BCUT2D eigenvalue weighted by Gasteiger charge is -2.42. The highest BCUT2D eigenvalue weighted by molar-refractivity contribution is 6.04. The summed E-state index contributed by atoms with van der Waals surface area (Å²) in [5, 5.41) is 6.47. The number of piperidine rings is 1. The van der Waals surface area contributed by atoms with Crippen molar-refractivity contribution in [3.63, 3.8) is 0 Å². The first-order valence-corrected chi connectivity index (χ1v) is 16.9. The Morgan fingerprint density at radius 2 is 1.71 bits per heavy atom. The minimum absolute atomic E-state index is 0.241. The topological polar surface area (TPSA) is 134 Å². The molecule has 2 aliphatic heterocycles. The fourth-order valence-electron chi connectivity index (χ4n) is 6.74. The molecule has 2 amide bonds. The van der Waals surface area contributed by atoms with Crippen LogP contribution in [0.5, 0.6) is 5.75 Å². The predicted molar refractivity (Wildman–Crippen MR) is 186 cm³/mol. The van der Waals surface area contributed by atoms with Gasteiger partial charge >= 0.3 is 0 Å². The van der Waals surface area contributed by atoms with Crippen LogP contribution in [-0.2, 0) is 11.3 Å². The van der Waals surface area contributed by atoms with Crippen LogP contribution in [-0.4, -0.2) is 82.1 Å². The summed E-state index contributed by atoms with van der Waals surface area (Å²) in [7, 11) is 1.63. The van der Waals surface area contributed by atoms with Crippen molar-refractivity contribution in [3.8, 4) is 17.0 Å². The number of imidazole rings is 1. The predicted octanol–water partition coefficient (Wildman–Crippen LogP) is 5.12. The average molecular weight is 660 g/mol. The summed E-state index contributed by atoms with van der Waals surface area (Å²) in [6, 6.07) is 25.1. The van der Waals surface area contributed by atoms with Gasteiger partial charge in [-0.15, -0.1) is 0 Å². The average Bonchev–Trinajstić information content (AvgIpc) is 3.61. The van der Waals surface area contributed by atoms with Crippen LogP contribution in [0.3, 0.4) is 0 Å². The lowest BCUT2D eigenvalue weighted by Crippen LogP contribution is -2.60. The highest BCUT2D eigenvalue weighted by Gasteiger charge is 2.37. The number of carbonyl (C=O) groups excluding carboxylic acids is 2. The van der Waals surface area contributed by atoms with Gasteiger partial charge in [0.15, 0.2) is 5.65 Å². The standard InChI is InChI=1S/C38H41N7O4/c1-48-29-12-10-27(11-13-29)31-8-5-9-32(41-31)37(47)44-38(17-20-45(21-18-38)24-26-6-3-2-4-7-26)25-40-36(46)30-14-19-39-35-33(30)42-34(43-35)28-15-22-49-23-16-28/h2-14,19,28H,15-18,20-25H2,1H3,(H,40,46)(H,44,47)(H,39,42,43). The van der Waals surface area contributed by atoms with Crippen molar-refractivity contribution in [2.75, 3.05) is 40.0 Å². The summed E-state index contributed by atoms with van der Waals surface area (Å²) in [5.74, 6) is 1.32. The van der Waals surface area contributed by atoms with Gasteiger partial charge in [-0.25, -0.2) is 15.0 Å². The molecule has 2 aromatic carbocycles. The number of carbonyl (C=O) groups is 2. The summed E-state index contributed by atoms with van der Waals surface area (Å²) in [6.07, 6.45) is 4.69. The monoisotopic (exact) mass is 659 g/mol. The molecule has 2 aliphatic rings. The molecule has 2 saturated heterocycles. The van der Waals surface area contributed by atoms with Gasteiger partial charge < -0.3 is 25.1 Å². The zero-order valence-electron chi connectivity index (χ0n) is 27.7. The maximum Gasteiger partial charge on any atom is 0.270 e. The van der Waals surface area contributed by atoms with E-state index in [0.29, 0.717) is 54.2 Å². The summed E-state index contributed by atoms with van der Waals surface area (Å²) >= 11 is 0. The van der Waals surface area contributed by atoms with Crippen molar-refractivity contribution in [2.24, 2.45) is 0 Å². The van der Waals surface area contributed by atoms with Gasteiger partial charge in [0.25, 0.3) is 11.8 Å². The molecule has 7 rings (SSSR count). The first-order chi connectivity index (χ1) is 24.0. The SMILES string of the molecule is COc1ccc(-c2cccc(C(=O)NC3(CNC(=O)c4ccnc5nc(C6CCOCC6)[nH]c45)CCN(Cc4ccccc4)CC3)n2)cc1.